The second-order valence-corrected chi connectivity index (χ2v) is 5.68. The molecule has 1 aromatic rings. The number of hydrogen-bond donors (Lipinski definition) is 2. The number of rotatable bonds is 3. The summed E-state index contributed by atoms with van der Waals surface area (Å²) in [6.07, 6.45) is 3.60. The van der Waals surface area contributed by atoms with Gasteiger partial charge in [0.15, 0.2) is 0 Å². The first-order chi connectivity index (χ1) is 9.43. The molecule has 1 aromatic carbocycles. The summed E-state index contributed by atoms with van der Waals surface area (Å²) >= 11 is 0. The molecule has 0 spiro atoms. The molecular formula is C16H24N2O. The van der Waals surface area contributed by atoms with Gasteiger partial charge in [-0.3, -0.25) is 0 Å². The van der Waals surface area contributed by atoms with Gasteiger partial charge in [-0.25, -0.2) is 0 Å². The topological polar surface area (TPSA) is 33.3 Å². The van der Waals surface area contributed by atoms with Gasteiger partial charge in [-0.2, -0.15) is 0 Å². The minimum Gasteiger partial charge on any atom is -0.381 e. The molecule has 2 aliphatic rings. The number of nitrogens with one attached hydrogen (secondary N) is 2. The predicted molar refractivity (Wildman–Crippen MR) is 77.1 cm³/mol. The van der Waals surface area contributed by atoms with Crippen molar-refractivity contribution < 1.29 is 4.74 Å². The first-order valence-corrected chi connectivity index (χ1v) is 7.53. The summed E-state index contributed by atoms with van der Waals surface area (Å²) in [5.74, 6) is 0.789. The minimum absolute atomic E-state index is 0.508. The molecule has 0 amide bonds. The fraction of sp³-hybridized carbons (Fsp3) is 0.625. The Morgan fingerprint density at radius 1 is 1.16 bits per heavy atom. The monoisotopic (exact) mass is 260 g/mol. The standard InChI is InChI=1S/C16H24N2O/c1-2-4-15-14(3-1)12-17-8-5-16(15)18-11-13-6-9-19-10-7-13/h1-4,13,16-18H,5-12H2. The van der Waals surface area contributed by atoms with E-state index in [9.17, 15) is 0 Å². The lowest BCUT2D eigenvalue weighted by molar-refractivity contribution is 0.0653. The Morgan fingerprint density at radius 3 is 2.89 bits per heavy atom. The van der Waals surface area contributed by atoms with Crippen molar-refractivity contribution in [2.75, 3.05) is 26.3 Å². The van der Waals surface area contributed by atoms with Gasteiger partial charge in [-0.15, -0.1) is 0 Å². The van der Waals surface area contributed by atoms with E-state index in [1.54, 1.807) is 0 Å². The molecule has 2 aliphatic heterocycles. The van der Waals surface area contributed by atoms with Crippen LogP contribution in [0.2, 0.25) is 0 Å². The van der Waals surface area contributed by atoms with Crippen LogP contribution < -0.4 is 10.6 Å². The maximum absolute atomic E-state index is 5.43. The van der Waals surface area contributed by atoms with Crippen LogP contribution in [-0.4, -0.2) is 26.3 Å². The van der Waals surface area contributed by atoms with Crippen LogP contribution in [0.15, 0.2) is 24.3 Å². The highest BCUT2D eigenvalue weighted by atomic mass is 16.5. The van der Waals surface area contributed by atoms with Crippen molar-refractivity contribution in [1.29, 1.82) is 0 Å². The lowest BCUT2D eigenvalue weighted by Gasteiger charge is -2.26. The molecule has 3 heteroatoms. The van der Waals surface area contributed by atoms with E-state index < -0.39 is 0 Å². The molecule has 1 fully saturated rings. The first kappa shape index (κ1) is 13.1. The SMILES string of the molecule is c1ccc2c(c1)CNCCC2NCC1CCOCC1. The van der Waals surface area contributed by atoms with Crippen molar-refractivity contribution in [2.24, 2.45) is 5.92 Å². The van der Waals surface area contributed by atoms with Crippen molar-refractivity contribution in [1.82, 2.24) is 10.6 Å². The maximum Gasteiger partial charge on any atom is 0.0469 e. The van der Waals surface area contributed by atoms with Crippen LogP contribution >= 0.6 is 0 Å². The van der Waals surface area contributed by atoms with Gasteiger partial charge < -0.3 is 15.4 Å². The lowest BCUT2D eigenvalue weighted by Crippen LogP contribution is -2.31. The molecule has 0 aromatic heterocycles. The van der Waals surface area contributed by atoms with Crippen molar-refractivity contribution >= 4 is 0 Å². The molecule has 3 rings (SSSR count). The molecule has 0 radical (unpaired) electrons. The molecule has 1 unspecified atom stereocenters. The van der Waals surface area contributed by atoms with Crippen LogP contribution in [0.5, 0.6) is 0 Å². The maximum atomic E-state index is 5.43. The smallest absolute Gasteiger partial charge is 0.0469 e. The van der Waals surface area contributed by atoms with Gasteiger partial charge in [0.1, 0.15) is 0 Å². The third-order valence-corrected chi connectivity index (χ3v) is 4.35. The Balaban J connectivity index is 1.63. The van der Waals surface area contributed by atoms with Crippen LogP contribution in [0.4, 0.5) is 0 Å². The molecule has 2 N–H and O–H groups in total. The summed E-state index contributed by atoms with van der Waals surface area (Å²) in [4.78, 5) is 0. The van der Waals surface area contributed by atoms with Crippen LogP contribution in [0.25, 0.3) is 0 Å². The summed E-state index contributed by atoms with van der Waals surface area (Å²) < 4.78 is 5.43. The average Bonchev–Trinajstić information content (AvgIpc) is 2.68. The molecular weight excluding hydrogens is 236 g/mol. The molecule has 3 nitrogen and oxygen atoms in total. The van der Waals surface area contributed by atoms with Gasteiger partial charge in [0.05, 0.1) is 0 Å². The van der Waals surface area contributed by atoms with Gasteiger partial charge in [0.2, 0.25) is 0 Å². The van der Waals surface area contributed by atoms with E-state index in [0.29, 0.717) is 6.04 Å². The van der Waals surface area contributed by atoms with Gasteiger partial charge in [0, 0.05) is 25.8 Å². The number of ether oxygens (including phenoxy) is 1. The molecule has 19 heavy (non-hydrogen) atoms. The first-order valence-electron chi connectivity index (χ1n) is 7.53. The van der Waals surface area contributed by atoms with Crippen LogP contribution in [0, 0.1) is 5.92 Å². The van der Waals surface area contributed by atoms with E-state index in [0.717, 1.165) is 38.8 Å². The van der Waals surface area contributed by atoms with Gasteiger partial charge in [-0.05, 0) is 49.4 Å². The van der Waals surface area contributed by atoms with Crippen LogP contribution in [0.3, 0.4) is 0 Å². The Labute approximate surface area is 115 Å². The third-order valence-electron chi connectivity index (χ3n) is 4.35. The Morgan fingerprint density at radius 2 is 2.00 bits per heavy atom. The third kappa shape index (κ3) is 3.35. The molecule has 104 valence electrons. The quantitative estimate of drug-likeness (QED) is 0.874. The molecule has 1 atom stereocenters. The Hall–Kier alpha value is -0.900. The second kappa shape index (κ2) is 6.51. The zero-order valence-corrected chi connectivity index (χ0v) is 11.5. The van der Waals surface area contributed by atoms with Gasteiger partial charge >= 0.3 is 0 Å². The van der Waals surface area contributed by atoms with Crippen molar-refractivity contribution in [2.45, 2.75) is 31.8 Å². The summed E-state index contributed by atoms with van der Waals surface area (Å²) in [7, 11) is 0. The molecule has 1 saturated heterocycles. The van der Waals surface area contributed by atoms with Crippen LogP contribution in [-0.2, 0) is 11.3 Å². The van der Waals surface area contributed by atoms with E-state index >= 15 is 0 Å². The fourth-order valence-electron chi connectivity index (χ4n) is 3.13. The largest absolute Gasteiger partial charge is 0.381 e. The van der Waals surface area contributed by atoms with E-state index in [1.807, 2.05) is 0 Å². The summed E-state index contributed by atoms with van der Waals surface area (Å²) in [5.41, 5.74) is 2.93. The van der Waals surface area contributed by atoms with Gasteiger partial charge in [0.25, 0.3) is 0 Å². The Kier molecular flexibility index (Phi) is 4.49. The molecule has 0 saturated carbocycles. The number of fused-ring (bicyclic) bond motifs is 1. The Bertz CT molecular complexity index is 401. The van der Waals surface area contributed by atoms with Crippen molar-refractivity contribution in [3.05, 3.63) is 35.4 Å². The highest BCUT2D eigenvalue weighted by Crippen LogP contribution is 2.24. The molecule has 2 heterocycles. The zero-order valence-electron chi connectivity index (χ0n) is 11.5. The van der Waals surface area contributed by atoms with Crippen LogP contribution in [0.1, 0.15) is 36.4 Å². The van der Waals surface area contributed by atoms with Crippen molar-refractivity contribution in [3.8, 4) is 0 Å². The summed E-state index contributed by atoms with van der Waals surface area (Å²) in [6.45, 7) is 5.11. The van der Waals surface area contributed by atoms with Gasteiger partial charge in [-0.1, -0.05) is 24.3 Å². The van der Waals surface area contributed by atoms with E-state index in [-0.39, 0.29) is 0 Å². The van der Waals surface area contributed by atoms with E-state index in [1.165, 1.54) is 30.4 Å². The lowest BCUT2D eigenvalue weighted by atomic mass is 9.96. The van der Waals surface area contributed by atoms with E-state index in [4.69, 9.17) is 4.74 Å². The molecule has 0 aliphatic carbocycles. The highest BCUT2D eigenvalue weighted by Gasteiger charge is 2.20. The second-order valence-electron chi connectivity index (χ2n) is 5.68. The number of hydrogen-bond acceptors (Lipinski definition) is 3. The summed E-state index contributed by atoms with van der Waals surface area (Å²) in [6, 6.07) is 9.34. The van der Waals surface area contributed by atoms with E-state index in [2.05, 4.69) is 34.9 Å². The zero-order chi connectivity index (χ0) is 12.9. The fourth-order valence-corrected chi connectivity index (χ4v) is 3.13. The molecule has 0 bridgehead atoms. The normalized spacial score (nSPS) is 24.7. The number of benzene rings is 1. The average molecular weight is 260 g/mol. The summed E-state index contributed by atoms with van der Waals surface area (Å²) in [5, 5.41) is 7.30. The minimum atomic E-state index is 0.508. The van der Waals surface area contributed by atoms with Crippen molar-refractivity contribution in [3.63, 3.8) is 0 Å². The predicted octanol–water partition coefficient (Wildman–Crippen LogP) is 2.24. The highest BCUT2D eigenvalue weighted by molar-refractivity contribution is 5.30.